The van der Waals surface area contributed by atoms with Gasteiger partial charge in [0.2, 0.25) is 10.0 Å². The van der Waals surface area contributed by atoms with E-state index in [2.05, 4.69) is 10.0 Å². The highest BCUT2D eigenvalue weighted by molar-refractivity contribution is 7.93. The van der Waals surface area contributed by atoms with Crippen molar-refractivity contribution >= 4 is 15.7 Å². The summed E-state index contributed by atoms with van der Waals surface area (Å²) in [4.78, 5) is 0. The summed E-state index contributed by atoms with van der Waals surface area (Å²) in [5.41, 5.74) is 0.930. The predicted molar refractivity (Wildman–Crippen MR) is 76.3 cm³/mol. The Morgan fingerprint density at radius 3 is 2.37 bits per heavy atom. The maximum Gasteiger partial charge on any atom is 0.236 e. The van der Waals surface area contributed by atoms with E-state index < -0.39 is 21.1 Å². The highest BCUT2D eigenvalue weighted by Crippen LogP contribution is 2.16. The van der Waals surface area contributed by atoms with Crippen molar-refractivity contribution in [2.45, 2.75) is 39.0 Å². The van der Waals surface area contributed by atoms with Gasteiger partial charge in [0.05, 0.1) is 10.9 Å². The van der Waals surface area contributed by atoms with Gasteiger partial charge < -0.3 is 5.32 Å². The maximum absolute atomic E-state index is 13.2. The minimum Gasteiger partial charge on any atom is -0.313 e. The van der Waals surface area contributed by atoms with Gasteiger partial charge in [-0.1, -0.05) is 13.8 Å². The molecular formula is C13H21FN2O2S. The van der Waals surface area contributed by atoms with Crippen LogP contribution in [0.2, 0.25) is 0 Å². The molecule has 0 heterocycles. The van der Waals surface area contributed by atoms with Crippen LogP contribution in [0.5, 0.6) is 0 Å². The van der Waals surface area contributed by atoms with Crippen molar-refractivity contribution in [1.29, 1.82) is 0 Å². The third kappa shape index (κ3) is 5.16. The first kappa shape index (κ1) is 15.9. The van der Waals surface area contributed by atoms with Crippen LogP contribution in [0.15, 0.2) is 18.2 Å². The lowest BCUT2D eigenvalue weighted by Crippen LogP contribution is -2.37. The number of sulfonamides is 1. The van der Waals surface area contributed by atoms with Crippen LogP contribution in [0.3, 0.4) is 0 Å². The molecule has 108 valence electrons. The van der Waals surface area contributed by atoms with Gasteiger partial charge in [0.25, 0.3) is 0 Å². The van der Waals surface area contributed by atoms with Crippen LogP contribution < -0.4 is 10.0 Å². The summed E-state index contributed by atoms with van der Waals surface area (Å²) in [6.07, 6.45) is 0. The first-order valence-corrected chi connectivity index (χ1v) is 7.77. The summed E-state index contributed by atoms with van der Waals surface area (Å²) < 4.78 is 39.7. The molecule has 0 radical (unpaired) electrons. The number of rotatable bonds is 6. The number of nitrogens with one attached hydrogen (secondary N) is 2. The lowest BCUT2D eigenvalue weighted by molar-refractivity contribution is 0.553. The van der Waals surface area contributed by atoms with Gasteiger partial charge >= 0.3 is 0 Å². The van der Waals surface area contributed by atoms with E-state index in [0.717, 1.165) is 0 Å². The van der Waals surface area contributed by atoms with E-state index in [-0.39, 0.29) is 11.7 Å². The van der Waals surface area contributed by atoms with Gasteiger partial charge in [-0.3, -0.25) is 4.72 Å². The summed E-state index contributed by atoms with van der Waals surface area (Å²) in [6.45, 7) is 7.57. The van der Waals surface area contributed by atoms with E-state index in [1.807, 2.05) is 13.8 Å². The molecule has 1 atom stereocenters. The van der Waals surface area contributed by atoms with Crippen LogP contribution in [-0.4, -0.2) is 26.3 Å². The third-order valence-electron chi connectivity index (χ3n) is 2.65. The first-order chi connectivity index (χ1) is 8.70. The standard InChI is InChI=1S/C13H21FN2O2S/c1-9(2)15-8-11(4)19(17,18)16-13-6-10(3)5-12(14)7-13/h5-7,9,11,15-16H,8H2,1-4H3. The van der Waals surface area contributed by atoms with E-state index in [1.54, 1.807) is 19.9 Å². The lowest BCUT2D eigenvalue weighted by Gasteiger charge is -2.17. The summed E-state index contributed by atoms with van der Waals surface area (Å²) in [7, 11) is -3.52. The van der Waals surface area contributed by atoms with Crippen molar-refractivity contribution in [1.82, 2.24) is 5.32 Å². The van der Waals surface area contributed by atoms with Gasteiger partial charge in [0.1, 0.15) is 5.82 Å². The zero-order valence-corrected chi connectivity index (χ0v) is 12.5. The van der Waals surface area contributed by atoms with Crippen LogP contribution in [-0.2, 0) is 10.0 Å². The number of aryl methyl sites for hydroxylation is 1. The second kappa shape index (κ2) is 6.34. The Kier molecular flexibility index (Phi) is 5.31. The van der Waals surface area contributed by atoms with Crippen molar-refractivity contribution < 1.29 is 12.8 Å². The maximum atomic E-state index is 13.2. The summed E-state index contributed by atoms with van der Waals surface area (Å²) in [5.74, 6) is -0.453. The van der Waals surface area contributed by atoms with Gasteiger partial charge in [0.15, 0.2) is 0 Å². The Morgan fingerprint density at radius 2 is 1.84 bits per heavy atom. The van der Waals surface area contributed by atoms with Crippen molar-refractivity contribution in [3.05, 3.63) is 29.6 Å². The summed E-state index contributed by atoms with van der Waals surface area (Å²) >= 11 is 0. The molecule has 19 heavy (non-hydrogen) atoms. The van der Waals surface area contributed by atoms with Crippen LogP contribution in [0.25, 0.3) is 0 Å². The van der Waals surface area contributed by atoms with Gasteiger partial charge in [-0.15, -0.1) is 0 Å². The van der Waals surface area contributed by atoms with E-state index in [4.69, 9.17) is 0 Å². The number of hydrogen-bond acceptors (Lipinski definition) is 3. The molecule has 0 aliphatic heterocycles. The number of anilines is 1. The van der Waals surface area contributed by atoms with Crippen molar-refractivity contribution in [3.63, 3.8) is 0 Å². The summed E-state index contributed by atoms with van der Waals surface area (Å²) in [5, 5.41) is 2.47. The smallest absolute Gasteiger partial charge is 0.236 e. The van der Waals surface area contributed by atoms with Gasteiger partial charge in [-0.2, -0.15) is 0 Å². The first-order valence-electron chi connectivity index (χ1n) is 6.23. The molecule has 2 N–H and O–H groups in total. The fourth-order valence-electron chi connectivity index (χ4n) is 1.57. The number of benzene rings is 1. The minimum atomic E-state index is -3.52. The fraction of sp³-hybridized carbons (Fsp3) is 0.538. The average molecular weight is 288 g/mol. The van der Waals surface area contributed by atoms with Gasteiger partial charge in [-0.25, -0.2) is 12.8 Å². The molecule has 1 rings (SSSR count). The molecule has 1 aromatic carbocycles. The highest BCUT2D eigenvalue weighted by Gasteiger charge is 2.20. The van der Waals surface area contributed by atoms with Crippen molar-refractivity contribution in [2.24, 2.45) is 0 Å². The Bertz CT molecular complexity index is 509. The second-order valence-electron chi connectivity index (χ2n) is 5.04. The molecule has 0 amide bonds. The Balaban J connectivity index is 2.78. The Labute approximate surface area is 114 Å². The lowest BCUT2D eigenvalue weighted by atomic mass is 10.2. The summed E-state index contributed by atoms with van der Waals surface area (Å²) in [6, 6.07) is 4.34. The zero-order chi connectivity index (χ0) is 14.6. The van der Waals surface area contributed by atoms with Crippen molar-refractivity contribution in [2.75, 3.05) is 11.3 Å². The quantitative estimate of drug-likeness (QED) is 0.844. The molecule has 1 aromatic rings. The highest BCUT2D eigenvalue weighted by atomic mass is 32.2. The van der Waals surface area contributed by atoms with Crippen LogP contribution >= 0.6 is 0 Å². The SMILES string of the molecule is Cc1cc(F)cc(NS(=O)(=O)C(C)CNC(C)C)c1. The molecule has 0 bridgehead atoms. The van der Waals surface area contributed by atoms with Crippen LogP contribution in [0, 0.1) is 12.7 Å². The van der Waals surface area contributed by atoms with Gasteiger partial charge in [0, 0.05) is 12.6 Å². The molecule has 0 fully saturated rings. The average Bonchev–Trinajstić information content (AvgIpc) is 2.23. The fourth-order valence-corrected chi connectivity index (χ4v) is 2.53. The Hall–Kier alpha value is -1.14. The molecule has 6 heteroatoms. The van der Waals surface area contributed by atoms with E-state index in [0.29, 0.717) is 12.1 Å². The van der Waals surface area contributed by atoms with E-state index in [1.165, 1.54) is 12.1 Å². The number of hydrogen-bond donors (Lipinski definition) is 2. The van der Waals surface area contributed by atoms with Crippen LogP contribution in [0.4, 0.5) is 10.1 Å². The molecule has 0 saturated carbocycles. The second-order valence-corrected chi connectivity index (χ2v) is 7.14. The molecule has 0 aromatic heterocycles. The third-order valence-corrected chi connectivity index (χ3v) is 4.39. The Morgan fingerprint density at radius 1 is 1.21 bits per heavy atom. The van der Waals surface area contributed by atoms with Crippen molar-refractivity contribution in [3.8, 4) is 0 Å². The molecule has 0 spiro atoms. The molecule has 0 saturated heterocycles. The molecule has 4 nitrogen and oxygen atoms in total. The zero-order valence-electron chi connectivity index (χ0n) is 11.7. The topological polar surface area (TPSA) is 58.2 Å². The monoisotopic (exact) mass is 288 g/mol. The number of halogens is 1. The largest absolute Gasteiger partial charge is 0.313 e. The predicted octanol–water partition coefficient (Wildman–Crippen LogP) is 2.26. The molecule has 0 aliphatic rings. The minimum absolute atomic E-state index is 0.217. The molecular weight excluding hydrogens is 267 g/mol. The normalized spacial score (nSPS) is 13.6. The van der Waals surface area contributed by atoms with Crippen LogP contribution in [0.1, 0.15) is 26.3 Å². The van der Waals surface area contributed by atoms with E-state index in [9.17, 15) is 12.8 Å². The molecule has 1 unspecified atom stereocenters. The molecule has 0 aliphatic carbocycles. The van der Waals surface area contributed by atoms with Gasteiger partial charge in [-0.05, 0) is 37.6 Å². The van der Waals surface area contributed by atoms with E-state index >= 15 is 0 Å².